The topological polar surface area (TPSA) is 77.0 Å². The number of aromatic amines is 2. The van der Waals surface area contributed by atoms with Crippen LogP contribution in [0.5, 0.6) is 0 Å². The number of rotatable bonds is 4. The third kappa shape index (κ3) is 2.79. The van der Waals surface area contributed by atoms with Gasteiger partial charge in [-0.25, -0.2) is 11.1 Å². The van der Waals surface area contributed by atoms with E-state index in [2.05, 4.69) is 15.4 Å². The molecule has 0 spiro atoms. The lowest BCUT2D eigenvalue weighted by molar-refractivity contribution is 0.413. The van der Waals surface area contributed by atoms with Gasteiger partial charge in [-0.3, -0.25) is 10.1 Å². The van der Waals surface area contributed by atoms with Crippen molar-refractivity contribution in [2.24, 2.45) is 5.84 Å². The van der Waals surface area contributed by atoms with Gasteiger partial charge in [0.2, 0.25) is 5.82 Å². The maximum absolute atomic E-state index is 5.73. The smallest absolute Gasteiger partial charge is 0.201 e. The van der Waals surface area contributed by atoms with E-state index in [9.17, 15) is 0 Å². The first-order chi connectivity index (χ1) is 6.11. The van der Waals surface area contributed by atoms with Crippen LogP contribution >= 0.6 is 12.2 Å². The number of hydrazine groups is 1. The van der Waals surface area contributed by atoms with Gasteiger partial charge in [-0.1, -0.05) is 12.2 Å². The first-order valence-electron chi connectivity index (χ1n) is 3.91. The van der Waals surface area contributed by atoms with Gasteiger partial charge in [-0.15, -0.1) is 5.10 Å². The number of hydrogen-bond acceptors (Lipinski definition) is 5. The summed E-state index contributed by atoms with van der Waals surface area (Å²) < 4.78 is 0.529. The molecular weight excluding hydrogens is 188 g/mol. The van der Waals surface area contributed by atoms with E-state index in [4.69, 9.17) is 18.1 Å². The highest BCUT2D eigenvalue weighted by atomic mass is 32.1. The van der Waals surface area contributed by atoms with Gasteiger partial charge in [-0.05, 0) is 14.1 Å². The molecule has 6 nitrogen and oxygen atoms in total. The minimum absolute atomic E-state index is 0.529. The summed E-state index contributed by atoms with van der Waals surface area (Å²) in [5.74, 6) is 6.31. The Morgan fingerprint density at radius 1 is 1.46 bits per heavy atom. The van der Waals surface area contributed by atoms with Crippen LogP contribution in [0.3, 0.4) is 0 Å². The third-order valence-electron chi connectivity index (χ3n) is 1.59. The van der Waals surface area contributed by atoms with E-state index in [1.807, 2.05) is 19.0 Å². The Hall–Kier alpha value is -0.920. The summed E-state index contributed by atoms with van der Waals surface area (Å²) >= 11 is 4.96. The van der Waals surface area contributed by atoms with Gasteiger partial charge >= 0.3 is 0 Å². The second kappa shape index (κ2) is 4.35. The monoisotopic (exact) mass is 202 g/mol. The number of nitrogens with two attached hydrogens (primary N) is 1. The van der Waals surface area contributed by atoms with Crippen LogP contribution in [0.1, 0.15) is 0 Å². The molecule has 0 aliphatic carbocycles. The van der Waals surface area contributed by atoms with Crippen LogP contribution in [0, 0.1) is 4.64 Å². The van der Waals surface area contributed by atoms with Crippen molar-refractivity contribution in [2.45, 2.75) is 0 Å². The van der Waals surface area contributed by atoms with Crippen molar-refractivity contribution < 1.29 is 0 Å². The highest BCUT2D eigenvalue weighted by Gasteiger charge is 2.06. The molecule has 74 valence electrons. The zero-order chi connectivity index (χ0) is 9.84. The summed E-state index contributed by atoms with van der Waals surface area (Å²) in [5, 5.41) is 10.6. The highest BCUT2D eigenvalue weighted by molar-refractivity contribution is 7.71. The lowest BCUT2D eigenvalue weighted by atomic mass is 10.5. The summed E-state index contributed by atoms with van der Waals surface area (Å²) in [5.41, 5.74) is 0. The molecule has 0 atom stereocenters. The fraction of sp³-hybridized carbons (Fsp3) is 0.667. The molecule has 1 heterocycles. The number of nitrogens with zero attached hydrogens (tertiary/aromatic N) is 3. The molecule has 13 heavy (non-hydrogen) atoms. The molecule has 1 aromatic rings. The van der Waals surface area contributed by atoms with E-state index in [1.165, 1.54) is 5.01 Å². The van der Waals surface area contributed by atoms with Gasteiger partial charge in [0.15, 0.2) is 4.64 Å². The predicted octanol–water partition coefficient (Wildman–Crippen LogP) is -0.291. The van der Waals surface area contributed by atoms with Gasteiger partial charge < -0.3 is 4.90 Å². The number of nitrogens with one attached hydrogen (secondary N) is 2. The molecule has 1 rings (SSSR count). The quantitative estimate of drug-likeness (QED) is 0.355. The molecule has 0 saturated carbocycles. The maximum atomic E-state index is 5.73. The van der Waals surface area contributed by atoms with Crippen molar-refractivity contribution >= 4 is 18.0 Å². The molecule has 0 radical (unpaired) electrons. The van der Waals surface area contributed by atoms with Crippen LogP contribution in [0.25, 0.3) is 0 Å². The van der Waals surface area contributed by atoms with Crippen molar-refractivity contribution in [3.8, 4) is 0 Å². The fourth-order valence-corrected chi connectivity index (χ4v) is 1.06. The van der Waals surface area contributed by atoms with Crippen LogP contribution < -0.4 is 10.9 Å². The molecule has 0 fully saturated rings. The summed E-state index contributed by atoms with van der Waals surface area (Å²) in [6.45, 7) is 1.55. The van der Waals surface area contributed by atoms with Gasteiger partial charge in [-0.2, -0.15) is 0 Å². The second-order valence-electron chi connectivity index (χ2n) is 3.00. The summed E-state index contributed by atoms with van der Waals surface area (Å²) in [4.78, 5) is 2.04. The molecule has 0 unspecified atom stereocenters. The van der Waals surface area contributed by atoms with Crippen LogP contribution in [0.2, 0.25) is 0 Å². The van der Waals surface area contributed by atoms with Crippen molar-refractivity contribution in [3.05, 3.63) is 4.64 Å². The standard InChI is InChI=1S/C6H14N6S/c1-11(2)3-4-12(7)5-6(13)9-10-8-5/h3-4,7H2,1-2H3,(H2,8,9,10,13). The van der Waals surface area contributed by atoms with E-state index >= 15 is 0 Å². The number of H-pyrrole nitrogens is 2. The number of aromatic nitrogens is 3. The Morgan fingerprint density at radius 3 is 2.62 bits per heavy atom. The largest absolute Gasteiger partial charge is 0.308 e. The lowest BCUT2D eigenvalue weighted by Crippen LogP contribution is -2.37. The van der Waals surface area contributed by atoms with E-state index in [1.54, 1.807) is 0 Å². The molecule has 0 bridgehead atoms. The Morgan fingerprint density at radius 2 is 2.15 bits per heavy atom. The number of likely N-dealkylation sites (N-methyl/N-ethyl adjacent to an activating group) is 1. The molecule has 0 amide bonds. The Labute approximate surface area is 81.7 Å². The van der Waals surface area contributed by atoms with E-state index in [0.29, 0.717) is 17.0 Å². The SMILES string of the molecule is CN(C)CCN(N)c1n[nH][nH]c1=S. The Kier molecular flexibility index (Phi) is 3.40. The number of hydrogen-bond donors (Lipinski definition) is 3. The van der Waals surface area contributed by atoms with E-state index < -0.39 is 0 Å². The first-order valence-corrected chi connectivity index (χ1v) is 4.32. The van der Waals surface area contributed by atoms with E-state index in [0.717, 1.165) is 6.54 Å². The van der Waals surface area contributed by atoms with Gasteiger partial charge in [0.05, 0.1) is 0 Å². The van der Waals surface area contributed by atoms with Gasteiger partial charge in [0.25, 0.3) is 0 Å². The molecular formula is C6H14N6S. The summed E-state index contributed by atoms with van der Waals surface area (Å²) in [7, 11) is 3.97. The van der Waals surface area contributed by atoms with Crippen molar-refractivity contribution in [1.82, 2.24) is 20.3 Å². The summed E-state index contributed by atoms with van der Waals surface area (Å²) in [6, 6.07) is 0. The number of anilines is 1. The lowest BCUT2D eigenvalue weighted by Gasteiger charge is -2.17. The summed E-state index contributed by atoms with van der Waals surface area (Å²) in [6.07, 6.45) is 0. The average Bonchev–Trinajstić information content (AvgIpc) is 2.47. The van der Waals surface area contributed by atoms with Crippen LogP contribution in [0.15, 0.2) is 0 Å². The van der Waals surface area contributed by atoms with Crippen molar-refractivity contribution in [2.75, 3.05) is 32.2 Å². The molecule has 0 saturated heterocycles. The Balaban J connectivity index is 2.54. The van der Waals surface area contributed by atoms with Crippen LogP contribution in [0.4, 0.5) is 5.82 Å². The molecule has 7 heteroatoms. The predicted molar refractivity (Wildman–Crippen MR) is 53.9 cm³/mol. The van der Waals surface area contributed by atoms with Gasteiger partial charge in [0.1, 0.15) is 0 Å². The van der Waals surface area contributed by atoms with Crippen LogP contribution in [-0.4, -0.2) is 47.5 Å². The van der Waals surface area contributed by atoms with Crippen LogP contribution in [-0.2, 0) is 0 Å². The molecule has 0 aliphatic heterocycles. The molecule has 0 aromatic carbocycles. The highest BCUT2D eigenvalue weighted by Crippen LogP contribution is 2.04. The minimum atomic E-state index is 0.529. The zero-order valence-electron chi connectivity index (χ0n) is 7.74. The first kappa shape index (κ1) is 10.2. The Bertz CT molecular complexity index is 302. The second-order valence-corrected chi connectivity index (χ2v) is 3.41. The molecule has 4 N–H and O–H groups in total. The van der Waals surface area contributed by atoms with Crippen molar-refractivity contribution in [1.29, 1.82) is 0 Å². The average molecular weight is 202 g/mol. The third-order valence-corrected chi connectivity index (χ3v) is 1.88. The maximum Gasteiger partial charge on any atom is 0.201 e. The van der Waals surface area contributed by atoms with Crippen molar-refractivity contribution in [3.63, 3.8) is 0 Å². The molecule has 1 aromatic heterocycles. The van der Waals surface area contributed by atoms with Gasteiger partial charge in [0, 0.05) is 13.1 Å². The van der Waals surface area contributed by atoms with E-state index in [-0.39, 0.29) is 0 Å². The normalized spacial score (nSPS) is 10.8. The fourth-order valence-electron chi connectivity index (χ4n) is 0.847. The minimum Gasteiger partial charge on any atom is -0.308 e. The molecule has 0 aliphatic rings. The zero-order valence-corrected chi connectivity index (χ0v) is 8.56.